The van der Waals surface area contributed by atoms with Gasteiger partial charge in [0.25, 0.3) is 0 Å². The number of amides is 3. The average Bonchev–Trinajstić information content (AvgIpc) is 3.23. The molecule has 0 aromatic carbocycles. The summed E-state index contributed by atoms with van der Waals surface area (Å²) in [5.74, 6) is -1.09. The van der Waals surface area contributed by atoms with Crippen LogP contribution in [0.4, 0.5) is 4.79 Å². The SMILES string of the molecule is NC(=O)CCC(=O)NCC(O)COCC(O)COCC(O)COCC(O)COCC(O)COCC(O)COC(=O)NCCN(C[C@H](O)[C@@H](O)[C@H](O)CCO)C[C@H](O)[C@@H](O)[C@H](O)CCO. The first-order chi connectivity index (χ1) is 30.3. The maximum atomic E-state index is 12.2. The van der Waals surface area contributed by atoms with Crippen molar-refractivity contribution in [3.63, 3.8) is 0 Å². The zero-order valence-corrected chi connectivity index (χ0v) is 35.9. The van der Waals surface area contributed by atoms with Gasteiger partial charge in [0, 0.05) is 58.8 Å². The minimum atomic E-state index is -1.69. The smallest absolute Gasteiger partial charge is 0.407 e. The van der Waals surface area contributed by atoms with Crippen molar-refractivity contribution in [2.75, 3.05) is 119 Å². The van der Waals surface area contributed by atoms with Crippen LogP contribution in [0.15, 0.2) is 0 Å². The van der Waals surface area contributed by atoms with Crippen LogP contribution >= 0.6 is 0 Å². The van der Waals surface area contributed by atoms with Crippen LogP contribution in [0.2, 0.25) is 0 Å². The summed E-state index contributed by atoms with van der Waals surface area (Å²) >= 11 is 0. The molecule has 0 spiro atoms. The Morgan fingerprint density at radius 2 is 0.844 bits per heavy atom. The maximum Gasteiger partial charge on any atom is 0.407 e. The molecule has 0 aliphatic carbocycles. The third kappa shape index (κ3) is 33.0. The molecular weight excluding hydrogens is 868 g/mol. The Labute approximate surface area is 370 Å². The predicted octanol–water partition coefficient (Wildman–Crippen LogP) is -9.43. The Bertz CT molecular complexity index is 1160. The van der Waals surface area contributed by atoms with Gasteiger partial charge in [0.15, 0.2) is 0 Å². The molecule has 0 rings (SSSR count). The lowest BCUT2D eigenvalue weighted by atomic mass is 10.0. The van der Waals surface area contributed by atoms with Crippen molar-refractivity contribution in [3.8, 4) is 0 Å². The zero-order valence-electron chi connectivity index (χ0n) is 35.9. The largest absolute Gasteiger partial charge is 0.447 e. The van der Waals surface area contributed by atoms with Gasteiger partial charge in [-0.15, -0.1) is 0 Å². The average molecular weight is 943 g/mol. The molecule has 0 saturated heterocycles. The lowest BCUT2D eigenvalue weighted by molar-refractivity contribution is -0.125. The third-order valence-electron chi connectivity index (χ3n) is 8.66. The highest BCUT2D eigenvalue weighted by atomic mass is 16.6. The maximum absolute atomic E-state index is 12.2. The van der Waals surface area contributed by atoms with Crippen LogP contribution in [0.3, 0.4) is 0 Å². The van der Waals surface area contributed by atoms with Crippen molar-refractivity contribution in [2.24, 2.45) is 5.73 Å². The third-order valence-corrected chi connectivity index (χ3v) is 8.66. The van der Waals surface area contributed by atoms with Gasteiger partial charge < -0.3 is 116 Å². The number of carbonyl (C=O) groups excluding carboxylic acids is 3. The molecule has 0 bridgehead atoms. The zero-order chi connectivity index (χ0) is 48.5. The molecule has 0 aromatic heterocycles. The van der Waals surface area contributed by atoms with E-state index in [-0.39, 0.29) is 124 Å². The second-order valence-electron chi connectivity index (χ2n) is 14.9. The molecule has 0 saturated carbocycles. The van der Waals surface area contributed by atoms with Crippen LogP contribution in [0.25, 0.3) is 0 Å². The summed E-state index contributed by atoms with van der Waals surface area (Å²) < 4.78 is 30.9. The van der Waals surface area contributed by atoms with E-state index in [9.17, 15) is 75.7 Å². The number of hydrogen-bond donors (Lipinski definition) is 17. The van der Waals surface area contributed by atoms with Crippen LogP contribution in [0.1, 0.15) is 25.7 Å². The van der Waals surface area contributed by atoms with E-state index in [0.717, 1.165) is 0 Å². The Morgan fingerprint density at radius 3 is 1.20 bits per heavy atom. The number of rotatable bonds is 42. The quantitative estimate of drug-likeness (QED) is 0.0270. The molecule has 12 atom stereocenters. The van der Waals surface area contributed by atoms with Crippen molar-refractivity contribution in [1.82, 2.24) is 15.5 Å². The van der Waals surface area contributed by atoms with Crippen molar-refractivity contribution in [3.05, 3.63) is 0 Å². The van der Waals surface area contributed by atoms with E-state index in [2.05, 4.69) is 10.6 Å². The number of ether oxygens (including phenoxy) is 6. The number of nitrogens with one attached hydrogen (secondary N) is 2. The van der Waals surface area contributed by atoms with Crippen LogP contribution in [0.5, 0.6) is 0 Å². The fraction of sp³-hybridized carbons (Fsp3) is 0.919. The summed E-state index contributed by atoms with van der Waals surface area (Å²) in [7, 11) is 0. The fourth-order valence-corrected chi connectivity index (χ4v) is 5.22. The van der Waals surface area contributed by atoms with Gasteiger partial charge in [0.2, 0.25) is 11.8 Å². The van der Waals surface area contributed by atoms with E-state index in [1.165, 1.54) is 4.90 Å². The number of nitrogens with zero attached hydrogens (tertiary/aromatic N) is 1. The first-order valence-electron chi connectivity index (χ1n) is 20.7. The number of hydrogen-bond acceptors (Lipinski definition) is 24. The van der Waals surface area contributed by atoms with E-state index < -0.39 is 111 Å². The Balaban J connectivity index is 4.24. The molecule has 0 aliphatic rings. The highest BCUT2D eigenvalue weighted by Crippen LogP contribution is 2.10. The van der Waals surface area contributed by atoms with Crippen molar-refractivity contribution >= 4 is 17.9 Å². The minimum Gasteiger partial charge on any atom is -0.447 e. The molecule has 0 aliphatic heterocycles. The normalized spacial score (nSPS) is 17.6. The summed E-state index contributed by atoms with van der Waals surface area (Å²) in [6.45, 7) is -5.08. The first kappa shape index (κ1) is 61.4. The van der Waals surface area contributed by atoms with E-state index in [0.29, 0.717) is 0 Å². The monoisotopic (exact) mass is 942 g/mol. The molecule has 0 aromatic rings. The Kier molecular flexibility index (Phi) is 36.0. The van der Waals surface area contributed by atoms with Gasteiger partial charge in [-0.25, -0.2) is 4.79 Å². The highest BCUT2D eigenvalue weighted by Gasteiger charge is 2.30. The molecule has 27 heteroatoms. The van der Waals surface area contributed by atoms with Gasteiger partial charge in [0.1, 0.15) is 49.3 Å². The molecule has 0 fully saturated rings. The number of aliphatic hydroxyl groups is 14. The van der Waals surface area contributed by atoms with Crippen molar-refractivity contribution in [2.45, 2.75) is 98.9 Å². The fourth-order valence-electron chi connectivity index (χ4n) is 5.22. The number of alkyl carbamates (subject to hydrolysis) is 1. The molecule has 18 N–H and O–H groups in total. The van der Waals surface area contributed by atoms with Gasteiger partial charge in [0.05, 0.1) is 96.6 Å². The number of nitrogens with two attached hydrogens (primary N) is 1. The van der Waals surface area contributed by atoms with E-state index in [1.54, 1.807) is 0 Å². The predicted molar refractivity (Wildman–Crippen MR) is 217 cm³/mol. The summed E-state index contributed by atoms with van der Waals surface area (Å²) in [5.41, 5.74) is 4.96. The van der Waals surface area contributed by atoms with E-state index in [4.69, 9.17) is 44.4 Å². The summed E-state index contributed by atoms with van der Waals surface area (Å²) in [6.07, 6.45) is -18.0. The Morgan fingerprint density at radius 1 is 0.484 bits per heavy atom. The summed E-state index contributed by atoms with van der Waals surface area (Å²) in [6, 6.07) is 0. The molecule has 64 heavy (non-hydrogen) atoms. The first-order valence-corrected chi connectivity index (χ1v) is 20.7. The van der Waals surface area contributed by atoms with Crippen LogP contribution in [0, 0.1) is 0 Å². The molecule has 0 radical (unpaired) electrons. The van der Waals surface area contributed by atoms with E-state index in [1.807, 2.05) is 0 Å². The van der Waals surface area contributed by atoms with Crippen molar-refractivity contribution in [1.29, 1.82) is 0 Å². The molecule has 380 valence electrons. The van der Waals surface area contributed by atoms with Crippen LogP contribution in [-0.2, 0) is 38.0 Å². The second kappa shape index (κ2) is 37.5. The molecule has 6 unspecified atom stereocenters. The van der Waals surface area contributed by atoms with Gasteiger partial charge in [-0.3, -0.25) is 14.5 Å². The lowest BCUT2D eigenvalue weighted by Crippen LogP contribution is -2.51. The van der Waals surface area contributed by atoms with Crippen LogP contribution < -0.4 is 16.4 Å². The second-order valence-corrected chi connectivity index (χ2v) is 14.9. The molecular formula is C37H74N4O23. The van der Waals surface area contributed by atoms with Crippen molar-refractivity contribution < 1.29 is 114 Å². The molecule has 0 heterocycles. The standard InChI is InChI=1S/C37H74N4O23/c38-33(54)1-2-34(55)40-9-23(44)12-59-13-24(45)14-60-15-25(46)16-61-17-26(47)18-62-19-27(48)20-63-21-28(49)22-64-37(58)39-5-6-41(10-31(52)35(56)29(50)3-7-42)11-32(53)36(57)30(51)4-8-43/h23-32,35-36,42-53,56-57H,1-22H2,(H2,38,54)(H,39,58)(H,40,55)/t23?,24?,25?,26?,27?,28?,29-,30-,31+,32+,35+,36+/m1/s1. The summed E-state index contributed by atoms with van der Waals surface area (Å²) in [4.78, 5) is 35.7. The number of aliphatic hydroxyl groups excluding tert-OH is 14. The topological polar surface area (TPSA) is 443 Å². The van der Waals surface area contributed by atoms with Gasteiger partial charge >= 0.3 is 6.09 Å². The lowest BCUT2D eigenvalue weighted by Gasteiger charge is -2.32. The van der Waals surface area contributed by atoms with Gasteiger partial charge in [-0.05, 0) is 12.8 Å². The number of primary amides is 1. The Hall–Kier alpha value is -2.59. The van der Waals surface area contributed by atoms with E-state index >= 15 is 0 Å². The van der Waals surface area contributed by atoms with Gasteiger partial charge in [-0.1, -0.05) is 0 Å². The molecule has 27 nitrogen and oxygen atoms in total. The van der Waals surface area contributed by atoms with Crippen LogP contribution in [-0.4, -0.2) is 286 Å². The summed E-state index contributed by atoms with van der Waals surface area (Å²) in [5, 5.41) is 144. The molecule has 3 amide bonds. The highest BCUT2D eigenvalue weighted by molar-refractivity contribution is 5.82. The number of carbonyl (C=O) groups is 3. The minimum absolute atomic E-state index is 0.107. The van der Waals surface area contributed by atoms with Gasteiger partial charge in [-0.2, -0.15) is 0 Å².